The van der Waals surface area contributed by atoms with Crippen molar-refractivity contribution in [1.82, 2.24) is 5.43 Å². The van der Waals surface area contributed by atoms with Crippen LogP contribution in [0.1, 0.15) is 37.4 Å². The number of alkyl halides is 3. The highest BCUT2D eigenvalue weighted by Crippen LogP contribution is 2.37. The third kappa shape index (κ3) is 6.82. The fourth-order valence-corrected chi connectivity index (χ4v) is 3.49. The molecule has 11 heteroatoms. The summed E-state index contributed by atoms with van der Waals surface area (Å²) in [5.41, 5.74) is 2.49. The van der Waals surface area contributed by atoms with E-state index in [-0.39, 0.29) is 17.7 Å². The Hall–Kier alpha value is -3.86. The van der Waals surface area contributed by atoms with Gasteiger partial charge in [0.15, 0.2) is 11.5 Å². The Morgan fingerprint density at radius 3 is 2.43 bits per heavy atom. The number of amides is 1. The molecule has 0 atom stereocenters. The van der Waals surface area contributed by atoms with E-state index in [9.17, 15) is 22.8 Å². The number of hydrazone groups is 1. The highest BCUT2D eigenvalue weighted by atomic mass is 79.9. The molecule has 0 aromatic heterocycles. The van der Waals surface area contributed by atoms with Gasteiger partial charge in [-0.15, -0.1) is 0 Å². The first kappa shape index (κ1) is 25.8. The van der Waals surface area contributed by atoms with Crippen LogP contribution >= 0.6 is 15.9 Å². The third-order valence-corrected chi connectivity index (χ3v) is 5.26. The van der Waals surface area contributed by atoms with Crippen molar-refractivity contribution in [2.24, 2.45) is 5.10 Å². The SMILES string of the molecule is COc1cc(/C=N\NC(=O)c2cccc(C(F)(F)F)c2)cc(Br)c1OCc1ccc(C(=O)O)cc1. The minimum absolute atomic E-state index is 0.148. The van der Waals surface area contributed by atoms with Gasteiger partial charge in [0.2, 0.25) is 0 Å². The first-order valence-corrected chi connectivity index (χ1v) is 10.7. The number of benzene rings is 3. The van der Waals surface area contributed by atoms with E-state index in [1.807, 2.05) is 0 Å². The molecule has 35 heavy (non-hydrogen) atoms. The fraction of sp³-hybridized carbons (Fsp3) is 0.125. The summed E-state index contributed by atoms with van der Waals surface area (Å²) in [6.45, 7) is 0.148. The van der Waals surface area contributed by atoms with Crippen LogP contribution in [0.4, 0.5) is 13.2 Å². The van der Waals surface area contributed by atoms with E-state index in [1.165, 1.54) is 31.5 Å². The predicted octanol–water partition coefficient (Wildman–Crippen LogP) is 5.52. The molecule has 0 bridgehead atoms. The molecule has 3 aromatic rings. The standard InChI is InChI=1S/C24H18BrF3N2O5/c1-34-20-10-15(12-29-30-22(31)17-3-2-4-18(11-17)24(26,27)28)9-19(25)21(20)35-13-14-5-7-16(8-6-14)23(32)33/h2-12H,13H2,1H3,(H,30,31)(H,32,33)/b29-12-. The van der Waals surface area contributed by atoms with Gasteiger partial charge in [-0.05, 0) is 69.5 Å². The summed E-state index contributed by atoms with van der Waals surface area (Å²) in [5, 5.41) is 12.8. The predicted molar refractivity (Wildman–Crippen MR) is 125 cm³/mol. The average molecular weight is 551 g/mol. The van der Waals surface area contributed by atoms with Gasteiger partial charge in [-0.25, -0.2) is 10.2 Å². The second kappa shape index (κ2) is 11.0. The van der Waals surface area contributed by atoms with Crippen molar-refractivity contribution < 1.29 is 37.3 Å². The maximum Gasteiger partial charge on any atom is 0.416 e. The van der Waals surface area contributed by atoms with Crippen LogP contribution in [-0.2, 0) is 12.8 Å². The quantitative estimate of drug-likeness (QED) is 0.284. The smallest absolute Gasteiger partial charge is 0.416 e. The van der Waals surface area contributed by atoms with Gasteiger partial charge in [-0.2, -0.15) is 18.3 Å². The molecular formula is C24H18BrF3N2O5. The molecule has 3 aromatic carbocycles. The molecule has 1 amide bonds. The zero-order valence-corrected chi connectivity index (χ0v) is 19.7. The van der Waals surface area contributed by atoms with Crippen LogP contribution in [0.3, 0.4) is 0 Å². The van der Waals surface area contributed by atoms with Gasteiger partial charge in [-0.1, -0.05) is 18.2 Å². The van der Waals surface area contributed by atoms with Gasteiger partial charge in [0, 0.05) is 5.56 Å². The van der Waals surface area contributed by atoms with Gasteiger partial charge in [-0.3, -0.25) is 4.79 Å². The minimum atomic E-state index is -4.56. The van der Waals surface area contributed by atoms with Crippen LogP contribution in [0.5, 0.6) is 11.5 Å². The Bertz CT molecular complexity index is 1260. The van der Waals surface area contributed by atoms with E-state index in [4.69, 9.17) is 14.6 Å². The number of aromatic carboxylic acids is 1. The molecule has 0 unspecified atom stereocenters. The Morgan fingerprint density at radius 1 is 1.09 bits per heavy atom. The molecule has 0 heterocycles. The normalized spacial score (nSPS) is 11.3. The summed E-state index contributed by atoms with van der Waals surface area (Å²) in [5.74, 6) is -1.08. The average Bonchev–Trinajstić information content (AvgIpc) is 2.82. The molecule has 3 rings (SSSR count). The van der Waals surface area contributed by atoms with Crippen molar-refractivity contribution in [3.63, 3.8) is 0 Å². The van der Waals surface area contributed by atoms with Gasteiger partial charge in [0.25, 0.3) is 5.91 Å². The van der Waals surface area contributed by atoms with Crippen LogP contribution in [-0.4, -0.2) is 30.3 Å². The van der Waals surface area contributed by atoms with Crippen LogP contribution in [0.25, 0.3) is 0 Å². The number of ether oxygens (including phenoxy) is 2. The summed E-state index contributed by atoms with van der Waals surface area (Å²) in [6.07, 6.45) is -3.26. The summed E-state index contributed by atoms with van der Waals surface area (Å²) in [4.78, 5) is 23.1. The molecule has 2 N–H and O–H groups in total. The maximum atomic E-state index is 12.8. The third-order valence-electron chi connectivity index (χ3n) is 4.67. The lowest BCUT2D eigenvalue weighted by Gasteiger charge is -2.13. The largest absolute Gasteiger partial charge is 0.493 e. The van der Waals surface area contributed by atoms with Crippen molar-refractivity contribution in [3.8, 4) is 11.5 Å². The second-order valence-corrected chi connectivity index (χ2v) is 7.96. The number of carboxylic acids is 1. The highest BCUT2D eigenvalue weighted by molar-refractivity contribution is 9.10. The van der Waals surface area contributed by atoms with Crippen LogP contribution in [0.2, 0.25) is 0 Å². The molecule has 0 fully saturated rings. The number of carboxylic acid groups (broad SMARTS) is 1. The van der Waals surface area contributed by atoms with Gasteiger partial charge in [0.1, 0.15) is 6.61 Å². The molecule has 0 aliphatic heterocycles. The lowest BCUT2D eigenvalue weighted by atomic mass is 10.1. The van der Waals surface area contributed by atoms with Crippen molar-refractivity contribution in [2.45, 2.75) is 12.8 Å². The maximum absolute atomic E-state index is 12.8. The number of rotatable bonds is 8. The monoisotopic (exact) mass is 550 g/mol. The van der Waals surface area contributed by atoms with Crippen LogP contribution in [0.15, 0.2) is 70.2 Å². The molecule has 0 saturated carbocycles. The zero-order chi connectivity index (χ0) is 25.6. The molecule has 0 radical (unpaired) electrons. The van der Waals surface area contributed by atoms with E-state index in [1.54, 1.807) is 24.3 Å². The minimum Gasteiger partial charge on any atom is -0.493 e. The topological polar surface area (TPSA) is 97.2 Å². The highest BCUT2D eigenvalue weighted by Gasteiger charge is 2.30. The lowest BCUT2D eigenvalue weighted by molar-refractivity contribution is -0.137. The first-order valence-electron chi connectivity index (χ1n) is 9.91. The lowest BCUT2D eigenvalue weighted by Crippen LogP contribution is -2.18. The Morgan fingerprint density at radius 2 is 1.80 bits per heavy atom. The van der Waals surface area contributed by atoms with Crippen LogP contribution in [0, 0.1) is 0 Å². The van der Waals surface area contributed by atoms with E-state index in [0.717, 1.165) is 23.8 Å². The number of carbonyl (C=O) groups excluding carboxylic acids is 1. The Balaban J connectivity index is 1.68. The molecule has 182 valence electrons. The fourth-order valence-electron chi connectivity index (χ4n) is 2.92. The summed E-state index contributed by atoms with van der Waals surface area (Å²) in [7, 11) is 1.44. The van der Waals surface area contributed by atoms with Crippen molar-refractivity contribution in [1.29, 1.82) is 0 Å². The summed E-state index contributed by atoms with van der Waals surface area (Å²) < 4.78 is 50.2. The van der Waals surface area contributed by atoms with E-state index in [0.29, 0.717) is 21.5 Å². The van der Waals surface area contributed by atoms with E-state index >= 15 is 0 Å². The molecule has 0 saturated heterocycles. The van der Waals surface area contributed by atoms with E-state index in [2.05, 4.69) is 26.5 Å². The van der Waals surface area contributed by atoms with E-state index < -0.39 is 23.6 Å². The summed E-state index contributed by atoms with van der Waals surface area (Å²) >= 11 is 3.39. The number of hydrogen-bond donors (Lipinski definition) is 2. The number of methoxy groups -OCH3 is 1. The van der Waals surface area contributed by atoms with Gasteiger partial charge < -0.3 is 14.6 Å². The molecular weight excluding hydrogens is 533 g/mol. The number of carbonyl (C=O) groups is 2. The molecule has 0 spiro atoms. The Labute approximate surface area is 206 Å². The van der Waals surface area contributed by atoms with Crippen molar-refractivity contribution in [2.75, 3.05) is 7.11 Å². The number of halogens is 4. The Kier molecular flexibility index (Phi) is 8.13. The second-order valence-electron chi connectivity index (χ2n) is 7.10. The number of hydrogen-bond acceptors (Lipinski definition) is 5. The van der Waals surface area contributed by atoms with Crippen molar-refractivity contribution >= 4 is 34.0 Å². The van der Waals surface area contributed by atoms with Gasteiger partial charge >= 0.3 is 12.1 Å². The number of nitrogens with one attached hydrogen (secondary N) is 1. The molecule has 7 nitrogen and oxygen atoms in total. The zero-order valence-electron chi connectivity index (χ0n) is 18.1. The van der Waals surface area contributed by atoms with Gasteiger partial charge in [0.05, 0.1) is 28.9 Å². The van der Waals surface area contributed by atoms with Crippen LogP contribution < -0.4 is 14.9 Å². The number of nitrogens with zero attached hydrogens (tertiary/aromatic N) is 1. The molecule has 0 aliphatic carbocycles. The summed E-state index contributed by atoms with van der Waals surface area (Å²) in [6, 6.07) is 13.5. The van der Waals surface area contributed by atoms with Crippen molar-refractivity contribution in [3.05, 3.63) is 93.0 Å². The first-order chi connectivity index (χ1) is 16.6. The molecule has 0 aliphatic rings.